The molecule has 0 aliphatic carbocycles. The average Bonchev–Trinajstić information content (AvgIpc) is 3.27. The Hall–Kier alpha value is -2.37. The lowest BCUT2D eigenvalue weighted by molar-refractivity contribution is -0.167. The number of carbonyl (C=O) groups is 3. The first-order valence-corrected chi connectivity index (χ1v) is 27.0. The third-order valence-electron chi connectivity index (χ3n) is 11.9. The first-order chi connectivity index (χ1) is 30.5. The first kappa shape index (κ1) is 59.6. The molecule has 0 amide bonds. The predicted molar refractivity (Wildman–Crippen MR) is 266 cm³/mol. The molecule has 0 aromatic rings. The van der Waals surface area contributed by atoms with Crippen LogP contribution in [0.1, 0.15) is 284 Å². The molecule has 0 aliphatic rings. The van der Waals surface area contributed by atoms with E-state index in [4.69, 9.17) is 14.2 Å². The van der Waals surface area contributed by atoms with E-state index in [1.165, 1.54) is 167 Å². The quantitative estimate of drug-likeness (QED) is 0.0262. The number of rotatable bonds is 49. The zero-order valence-corrected chi connectivity index (χ0v) is 41.4. The summed E-state index contributed by atoms with van der Waals surface area (Å²) in [5.41, 5.74) is 0. The molecule has 0 aromatic carbocycles. The number of carbonyl (C=O) groups excluding carboxylic acids is 3. The van der Waals surface area contributed by atoms with Gasteiger partial charge < -0.3 is 14.2 Å². The molecule has 0 bridgehead atoms. The van der Waals surface area contributed by atoms with Crippen LogP contribution in [0.2, 0.25) is 0 Å². The van der Waals surface area contributed by atoms with Crippen molar-refractivity contribution in [3.05, 3.63) is 36.5 Å². The molecule has 0 N–H and O–H groups in total. The highest BCUT2D eigenvalue weighted by atomic mass is 16.6. The molecule has 0 saturated carbocycles. The fourth-order valence-electron chi connectivity index (χ4n) is 7.80. The van der Waals surface area contributed by atoms with E-state index in [0.717, 1.165) is 77.0 Å². The zero-order chi connectivity index (χ0) is 45.1. The van der Waals surface area contributed by atoms with Crippen molar-refractivity contribution >= 4 is 17.9 Å². The number of ether oxygens (including phenoxy) is 3. The Morgan fingerprint density at radius 2 is 0.581 bits per heavy atom. The second-order valence-electron chi connectivity index (χ2n) is 18.2. The van der Waals surface area contributed by atoms with E-state index in [-0.39, 0.29) is 31.1 Å². The second-order valence-corrected chi connectivity index (χ2v) is 18.2. The highest BCUT2D eigenvalue weighted by molar-refractivity contribution is 5.71. The zero-order valence-electron chi connectivity index (χ0n) is 41.4. The van der Waals surface area contributed by atoms with Crippen LogP contribution in [0.5, 0.6) is 0 Å². The molecule has 6 heteroatoms. The van der Waals surface area contributed by atoms with Gasteiger partial charge in [0, 0.05) is 19.3 Å². The maximum Gasteiger partial charge on any atom is 0.306 e. The van der Waals surface area contributed by atoms with Gasteiger partial charge in [0.05, 0.1) is 0 Å². The highest BCUT2D eigenvalue weighted by Gasteiger charge is 2.19. The Labute approximate surface area is 385 Å². The molecular formula is C56H102O6. The Kier molecular flexibility index (Phi) is 49.3. The fraction of sp³-hybridized carbons (Fsp3) is 0.839. The van der Waals surface area contributed by atoms with Crippen LogP contribution < -0.4 is 0 Å². The van der Waals surface area contributed by atoms with Gasteiger partial charge in [0.25, 0.3) is 0 Å². The Balaban J connectivity index is 4.06. The number of unbranched alkanes of at least 4 members (excludes halogenated alkanes) is 32. The van der Waals surface area contributed by atoms with Crippen molar-refractivity contribution < 1.29 is 28.6 Å². The summed E-state index contributed by atoms with van der Waals surface area (Å²) in [5.74, 6) is -0.877. The monoisotopic (exact) mass is 871 g/mol. The molecular weight excluding hydrogens is 769 g/mol. The highest BCUT2D eigenvalue weighted by Crippen LogP contribution is 2.16. The van der Waals surface area contributed by atoms with Crippen molar-refractivity contribution in [1.29, 1.82) is 0 Å². The van der Waals surface area contributed by atoms with Crippen molar-refractivity contribution in [2.75, 3.05) is 13.2 Å². The Bertz CT molecular complexity index is 1050. The average molecular weight is 871 g/mol. The van der Waals surface area contributed by atoms with E-state index in [9.17, 15) is 14.4 Å². The van der Waals surface area contributed by atoms with E-state index in [2.05, 4.69) is 57.2 Å². The molecule has 0 aromatic heterocycles. The summed E-state index contributed by atoms with van der Waals surface area (Å²) in [5, 5.41) is 0. The molecule has 62 heavy (non-hydrogen) atoms. The Morgan fingerprint density at radius 1 is 0.323 bits per heavy atom. The lowest BCUT2D eigenvalue weighted by Crippen LogP contribution is -2.30. The summed E-state index contributed by atoms with van der Waals surface area (Å²) >= 11 is 0. The van der Waals surface area contributed by atoms with E-state index >= 15 is 0 Å². The SMILES string of the molecule is CCCCCCC/C=C\C/C=C\C/C=C\CCCCCCCCCCCCC(=O)OCC(COC(=O)CCCCCCC)OC(=O)CCCCCCCCCCCCCCCC. The van der Waals surface area contributed by atoms with Gasteiger partial charge in [-0.05, 0) is 57.8 Å². The summed E-state index contributed by atoms with van der Waals surface area (Å²) in [6.07, 6.45) is 60.3. The lowest BCUT2D eigenvalue weighted by atomic mass is 10.0. The van der Waals surface area contributed by atoms with E-state index in [1.807, 2.05) is 0 Å². The molecule has 1 atom stereocenters. The van der Waals surface area contributed by atoms with E-state index < -0.39 is 6.10 Å². The van der Waals surface area contributed by atoms with Gasteiger partial charge in [0.15, 0.2) is 6.10 Å². The molecule has 0 radical (unpaired) electrons. The molecule has 0 heterocycles. The van der Waals surface area contributed by atoms with Gasteiger partial charge in [0.2, 0.25) is 0 Å². The molecule has 6 nitrogen and oxygen atoms in total. The third-order valence-corrected chi connectivity index (χ3v) is 11.9. The normalized spacial score (nSPS) is 12.2. The summed E-state index contributed by atoms with van der Waals surface area (Å²) in [7, 11) is 0. The van der Waals surface area contributed by atoms with Crippen molar-refractivity contribution in [1.82, 2.24) is 0 Å². The predicted octanol–water partition coefficient (Wildman–Crippen LogP) is 17.7. The first-order valence-electron chi connectivity index (χ1n) is 27.0. The number of allylic oxidation sites excluding steroid dienone is 6. The molecule has 0 saturated heterocycles. The third kappa shape index (κ3) is 48.7. The lowest BCUT2D eigenvalue weighted by Gasteiger charge is -2.18. The molecule has 1 unspecified atom stereocenters. The van der Waals surface area contributed by atoms with Gasteiger partial charge in [-0.15, -0.1) is 0 Å². The van der Waals surface area contributed by atoms with E-state index in [1.54, 1.807) is 0 Å². The molecule has 0 spiro atoms. The standard InChI is InChI=1S/C56H102O6/c1-4-7-10-13-15-17-19-21-23-24-25-26-27-28-29-30-31-32-33-35-36-38-40-43-46-49-55(58)61-52-53(51-60-54(57)48-45-42-12-9-6-3)62-56(59)50-47-44-41-39-37-34-22-20-18-16-14-11-8-5-2/h19,21,24-25,27-28,53H,4-18,20,22-23,26,29-52H2,1-3H3/b21-19-,25-24-,28-27-. The van der Waals surface area contributed by atoms with Gasteiger partial charge in [-0.2, -0.15) is 0 Å². The van der Waals surface area contributed by atoms with Crippen LogP contribution in [0.4, 0.5) is 0 Å². The van der Waals surface area contributed by atoms with Gasteiger partial charge in [0.1, 0.15) is 13.2 Å². The van der Waals surface area contributed by atoms with Crippen molar-refractivity contribution in [2.45, 2.75) is 290 Å². The maximum atomic E-state index is 12.7. The van der Waals surface area contributed by atoms with Crippen LogP contribution in [0, 0.1) is 0 Å². The van der Waals surface area contributed by atoms with Crippen LogP contribution in [-0.2, 0) is 28.6 Å². The molecule has 0 rings (SSSR count). The minimum absolute atomic E-state index is 0.0712. The van der Waals surface area contributed by atoms with Gasteiger partial charge in [-0.1, -0.05) is 243 Å². The number of hydrogen-bond donors (Lipinski definition) is 0. The van der Waals surface area contributed by atoms with Crippen molar-refractivity contribution in [3.63, 3.8) is 0 Å². The summed E-state index contributed by atoms with van der Waals surface area (Å²) in [6.45, 7) is 6.56. The van der Waals surface area contributed by atoms with Gasteiger partial charge in [-0.25, -0.2) is 0 Å². The second kappa shape index (κ2) is 51.3. The smallest absolute Gasteiger partial charge is 0.306 e. The summed E-state index contributed by atoms with van der Waals surface area (Å²) in [6, 6.07) is 0. The summed E-state index contributed by atoms with van der Waals surface area (Å²) in [4.78, 5) is 37.7. The number of hydrogen-bond acceptors (Lipinski definition) is 6. The van der Waals surface area contributed by atoms with Crippen LogP contribution in [0.15, 0.2) is 36.5 Å². The van der Waals surface area contributed by atoms with Crippen LogP contribution >= 0.6 is 0 Å². The van der Waals surface area contributed by atoms with Crippen molar-refractivity contribution in [2.24, 2.45) is 0 Å². The van der Waals surface area contributed by atoms with Crippen LogP contribution in [0.25, 0.3) is 0 Å². The minimum Gasteiger partial charge on any atom is -0.462 e. The van der Waals surface area contributed by atoms with Crippen LogP contribution in [-0.4, -0.2) is 37.2 Å². The molecule has 0 aliphatic heterocycles. The Morgan fingerprint density at radius 3 is 0.903 bits per heavy atom. The minimum atomic E-state index is -0.766. The van der Waals surface area contributed by atoms with Gasteiger partial charge >= 0.3 is 17.9 Å². The maximum absolute atomic E-state index is 12.7. The van der Waals surface area contributed by atoms with Crippen molar-refractivity contribution in [3.8, 4) is 0 Å². The molecule has 362 valence electrons. The number of esters is 3. The largest absolute Gasteiger partial charge is 0.462 e. The topological polar surface area (TPSA) is 78.9 Å². The molecule has 0 fully saturated rings. The van der Waals surface area contributed by atoms with Gasteiger partial charge in [-0.3, -0.25) is 14.4 Å². The van der Waals surface area contributed by atoms with Crippen LogP contribution in [0.3, 0.4) is 0 Å². The fourth-order valence-corrected chi connectivity index (χ4v) is 7.80. The summed E-state index contributed by atoms with van der Waals surface area (Å²) < 4.78 is 16.7. The van der Waals surface area contributed by atoms with E-state index in [0.29, 0.717) is 19.3 Å².